The minimum absolute atomic E-state index is 0.518. The highest BCUT2D eigenvalue weighted by Gasteiger charge is 2.36. The highest BCUT2D eigenvalue weighted by atomic mass is 16.5. The molecule has 98 valence electrons. The summed E-state index contributed by atoms with van der Waals surface area (Å²) in [6.07, 6.45) is 6.29. The van der Waals surface area contributed by atoms with E-state index in [1.54, 1.807) is 24.3 Å². The summed E-state index contributed by atoms with van der Waals surface area (Å²) >= 11 is 0. The van der Waals surface area contributed by atoms with Crippen LogP contribution in [0, 0.1) is 0 Å². The maximum atomic E-state index is 11.8. The number of hydrogen-bond donors (Lipinski definition) is 1. The van der Waals surface area contributed by atoms with Crippen LogP contribution in [0.15, 0.2) is 42.5 Å². The van der Waals surface area contributed by atoms with Crippen molar-refractivity contribution < 1.29 is 14.6 Å². The van der Waals surface area contributed by atoms with Gasteiger partial charge in [0.15, 0.2) is 0 Å². The maximum absolute atomic E-state index is 11.8. The van der Waals surface area contributed by atoms with E-state index in [4.69, 9.17) is 0 Å². The molecule has 1 aromatic rings. The Labute approximate surface area is 108 Å². The number of benzene rings is 1. The van der Waals surface area contributed by atoms with E-state index in [9.17, 15) is 9.90 Å². The van der Waals surface area contributed by atoms with Gasteiger partial charge in [0.2, 0.25) is 5.60 Å². The fourth-order valence-corrected chi connectivity index (χ4v) is 1.71. The molecule has 0 aliphatic heterocycles. The Morgan fingerprint density at radius 1 is 1.39 bits per heavy atom. The highest BCUT2D eigenvalue weighted by molar-refractivity contribution is 5.83. The van der Waals surface area contributed by atoms with Crippen molar-refractivity contribution in [3.63, 3.8) is 0 Å². The topological polar surface area (TPSA) is 46.5 Å². The number of rotatable bonds is 6. The van der Waals surface area contributed by atoms with Crippen molar-refractivity contribution in [1.29, 1.82) is 0 Å². The van der Waals surface area contributed by atoms with Gasteiger partial charge in [0.25, 0.3) is 0 Å². The first-order valence-electron chi connectivity index (χ1n) is 6.19. The van der Waals surface area contributed by atoms with Crippen molar-refractivity contribution in [3.8, 4) is 0 Å². The van der Waals surface area contributed by atoms with Crippen molar-refractivity contribution >= 4 is 5.97 Å². The number of unbranched alkanes of at least 4 members (excludes halogenated alkanes) is 2. The van der Waals surface area contributed by atoms with Crippen LogP contribution in [0.4, 0.5) is 0 Å². The average molecular weight is 248 g/mol. The maximum Gasteiger partial charge on any atom is 0.346 e. The van der Waals surface area contributed by atoms with Gasteiger partial charge in [-0.05, 0) is 18.1 Å². The molecule has 0 saturated heterocycles. The second-order valence-electron chi connectivity index (χ2n) is 4.17. The van der Waals surface area contributed by atoms with Crippen LogP contribution in [0.1, 0.15) is 31.7 Å². The van der Waals surface area contributed by atoms with Crippen molar-refractivity contribution in [2.24, 2.45) is 0 Å². The predicted octanol–water partition coefficient (Wildman–Crippen LogP) is 2.79. The van der Waals surface area contributed by atoms with Crippen LogP contribution < -0.4 is 0 Å². The average Bonchev–Trinajstić information content (AvgIpc) is 2.43. The number of carbonyl (C=O) groups excluding carboxylic acids is 1. The molecule has 1 aromatic carbocycles. The molecular weight excluding hydrogens is 228 g/mol. The van der Waals surface area contributed by atoms with E-state index in [0.717, 1.165) is 19.3 Å². The van der Waals surface area contributed by atoms with Crippen LogP contribution in [-0.2, 0) is 15.1 Å². The van der Waals surface area contributed by atoms with Crippen molar-refractivity contribution in [3.05, 3.63) is 48.0 Å². The number of methoxy groups -OCH3 is 1. The van der Waals surface area contributed by atoms with Crippen molar-refractivity contribution in [1.82, 2.24) is 0 Å². The molecule has 0 bridgehead atoms. The zero-order valence-corrected chi connectivity index (χ0v) is 10.9. The molecule has 0 amide bonds. The third-order valence-electron chi connectivity index (χ3n) is 2.79. The smallest absolute Gasteiger partial charge is 0.346 e. The molecule has 0 fully saturated rings. The summed E-state index contributed by atoms with van der Waals surface area (Å²) in [7, 11) is 1.27. The van der Waals surface area contributed by atoms with E-state index in [-0.39, 0.29) is 0 Å². The largest absolute Gasteiger partial charge is 0.466 e. The fourth-order valence-electron chi connectivity index (χ4n) is 1.71. The van der Waals surface area contributed by atoms with Gasteiger partial charge in [-0.1, -0.05) is 56.2 Å². The summed E-state index contributed by atoms with van der Waals surface area (Å²) in [5.74, 6) is -0.665. The molecule has 1 unspecified atom stereocenters. The first-order valence-corrected chi connectivity index (χ1v) is 6.19. The van der Waals surface area contributed by atoms with Gasteiger partial charge in [0.05, 0.1) is 7.11 Å². The van der Waals surface area contributed by atoms with Crippen molar-refractivity contribution in [2.75, 3.05) is 7.11 Å². The molecule has 0 aliphatic rings. The number of carbonyl (C=O) groups is 1. The summed E-state index contributed by atoms with van der Waals surface area (Å²) in [5.41, 5.74) is -1.17. The zero-order valence-electron chi connectivity index (χ0n) is 10.9. The van der Waals surface area contributed by atoms with Gasteiger partial charge in [0.1, 0.15) is 0 Å². The molecule has 1 atom stereocenters. The quantitative estimate of drug-likeness (QED) is 0.478. The van der Waals surface area contributed by atoms with E-state index >= 15 is 0 Å². The van der Waals surface area contributed by atoms with E-state index in [2.05, 4.69) is 11.7 Å². The second-order valence-corrected chi connectivity index (χ2v) is 4.17. The molecule has 3 nitrogen and oxygen atoms in total. The molecular formula is C15H20O3. The van der Waals surface area contributed by atoms with Crippen molar-refractivity contribution in [2.45, 2.75) is 31.8 Å². The van der Waals surface area contributed by atoms with Gasteiger partial charge >= 0.3 is 5.97 Å². The molecule has 0 radical (unpaired) electrons. The minimum Gasteiger partial charge on any atom is -0.466 e. The van der Waals surface area contributed by atoms with E-state index in [0.29, 0.717) is 5.56 Å². The van der Waals surface area contributed by atoms with Gasteiger partial charge in [-0.3, -0.25) is 0 Å². The molecule has 0 spiro atoms. The van der Waals surface area contributed by atoms with Crippen LogP contribution in [0.3, 0.4) is 0 Å². The molecule has 0 aromatic heterocycles. The molecule has 3 heteroatoms. The standard InChI is InChI=1S/C15H20O3/c1-3-4-5-9-12-15(17,14(16)18-2)13-10-7-6-8-11-13/h6-12,17H,3-5H2,1-2H3/b12-9+. The predicted molar refractivity (Wildman–Crippen MR) is 71.0 cm³/mol. The van der Waals surface area contributed by atoms with Crippen LogP contribution in [0.2, 0.25) is 0 Å². The van der Waals surface area contributed by atoms with Gasteiger partial charge in [-0.25, -0.2) is 4.79 Å². The lowest BCUT2D eigenvalue weighted by molar-refractivity contribution is -0.158. The monoisotopic (exact) mass is 248 g/mol. The van der Waals surface area contributed by atoms with Gasteiger partial charge in [-0.15, -0.1) is 0 Å². The number of esters is 1. The Balaban J connectivity index is 2.96. The van der Waals surface area contributed by atoms with Gasteiger partial charge in [-0.2, -0.15) is 0 Å². The normalized spacial score (nSPS) is 14.4. The number of allylic oxidation sites excluding steroid dienone is 1. The molecule has 18 heavy (non-hydrogen) atoms. The minimum atomic E-state index is -1.69. The van der Waals surface area contributed by atoms with Gasteiger partial charge in [0, 0.05) is 0 Å². The molecule has 0 heterocycles. The van der Waals surface area contributed by atoms with E-state index in [1.165, 1.54) is 13.2 Å². The third-order valence-corrected chi connectivity index (χ3v) is 2.79. The summed E-state index contributed by atoms with van der Waals surface area (Å²) < 4.78 is 4.69. The summed E-state index contributed by atoms with van der Waals surface area (Å²) in [6.45, 7) is 2.09. The highest BCUT2D eigenvalue weighted by Crippen LogP contribution is 2.24. The van der Waals surface area contributed by atoms with Crippen LogP contribution in [0.25, 0.3) is 0 Å². The van der Waals surface area contributed by atoms with E-state index < -0.39 is 11.6 Å². The molecule has 0 aliphatic carbocycles. The number of aliphatic hydroxyl groups is 1. The van der Waals surface area contributed by atoms with E-state index in [1.807, 2.05) is 12.1 Å². The number of ether oxygens (including phenoxy) is 1. The lowest BCUT2D eigenvalue weighted by Crippen LogP contribution is -2.34. The second kappa shape index (κ2) is 6.97. The van der Waals surface area contributed by atoms with Crippen LogP contribution in [0.5, 0.6) is 0 Å². The lowest BCUT2D eigenvalue weighted by Gasteiger charge is -2.22. The molecule has 0 saturated carbocycles. The SMILES string of the molecule is CCCC/C=C/C(O)(C(=O)OC)c1ccccc1. The van der Waals surface area contributed by atoms with Gasteiger partial charge < -0.3 is 9.84 Å². The third kappa shape index (κ3) is 3.44. The van der Waals surface area contributed by atoms with Crippen LogP contribution >= 0.6 is 0 Å². The Morgan fingerprint density at radius 2 is 2.06 bits per heavy atom. The Hall–Kier alpha value is -1.61. The Bertz CT molecular complexity index is 397. The Kier molecular flexibility index (Phi) is 5.59. The molecule has 1 N–H and O–H groups in total. The lowest BCUT2D eigenvalue weighted by atomic mass is 9.93. The number of hydrogen-bond acceptors (Lipinski definition) is 3. The Morgan fingerprint density at radius 3 is 2.61 bits per heavy atom. The summed E-state index contributed by atoms with van der Waals surface area (Å²) in [6, 6.07) is 8.82. The zero-order chi connectivity index (χ0) is 13.4. The molecule has 1 rings (SSSR count). The van der Waals surface area contributed by atoms with Crippen LogP contribution in [-0.4, -0.2) is 18.2 Å². The first kappa shape index (κ1) is 14.5. The summed E-state index contributed by atoms with van der Waals surface area (Å²) in [5, 5.41) is 10.5. The fraction of sp³-hybridized carbons (Fsp3) is 0.400. The summed E-state index contributed by atoms with van der Waals surface area (Å²) in [4.78, 5) is 11.8. The first-order chi connectivity index (χ1) is 8.65.